The molecule has 1 aliphatic rings. The van der Waals surface area contributed by atoms with Crippen LogP contribution in [0.4, 0.5) is 0 Å². The van der Waals surface area contributed by atoms with Gasteiger partial charge in [-0.3, -0.25) is 9.59 Å². The van der Waals surface area contributed by atoms with Crippen LogP contribution in [-0.2, 0) is 11.3 Å². The zero-order chi connectivity index (χ0) is 23.1. The molecule has 9 heteroatoms. The predicted octanol–water partition coefficient (Wildman–Crippen LogP) is 4.62. The largest absolute Gasteiger partial charge is 0.353 e. The van der Waals surface area contributed by atoms with Gasteiger partial charge in [-0.05, 0) is 44.2 Å². The van der Waals surface area contributed by atoms with Gasteiger partial charge in [0, 0.05) is 12.6 Å². The first kappa shape index (κ1) is 24.6. The summed E-state index contributed by atoms with van der Waals surface area (Å²) in [6, 6.07) is 6.99. The quantitative estimate of drug-likeness (QED) is 0.487. The fourth-order valence-electron chi connectivity index (χ4n) is 4.01. The van der Waals surface area contributed by atoms with E-state index in [4.69, 9.17) is 11.6 Å². The fourth-order valence-corrected chi connectivity index (χ4v) is 5.06. The molecule has 0 unspecified atom stereocenters. The van der Waals surface area contributed by atoms with Gasteiger partial charge in [0.2, 0.25) is 5.91 Å². The monoisotopic (exact) mass is 477 g/mol. The van der Waals surface area contributed by atoms with E-state index in [9.17, 15) is 9.59 Å². The SMILES string of the molecule is CCn1c(SCC(=O)NC2CCCC2)nnc1[C@@H](CC(C)C)NC(=O)c1ccccc1Cl. The summed E-state index contributed by atoms with van der Waals surface area (Å²) in [6.45, 7) is 6.86. The van der Waals surface area contributed by atoms with Crippen LogP contribution in [0.2, 0.25) is 5.02 Å². The zero-order valence-electron chi connectivity index (χ0n) is 18.9. The van der Waals surface area contributed by atoms with Crippen LogP contribution < -0.4 is 10.6 Å². The van der Waals surface area contributed by atoms with Crippen molar-refractivity contribution >= 4 is 35.2 Å². The number of nitrogens with zero attached hydrogens (tertiary/aromatic N) is 3. The number of halogens is 1. The Bertz CT molecular complexity index is 927. The van der Waals surface area contributed by atoms with Crippen molar-refractivity contribution in [3.63, 3.8) is 0 Å². The summed E-state index contributed by atoms with van der Waals surface area (Å²) in [4.78, 5) is 25.2. The topological polar surface area (TPSA) is 88.9 Å². The Kier molecular flexibility index (Phi) is 8.99. The third kappa shape index (κ3) is 6.48. The van der Waals surface area contributed by atoms with Gasteiger partial charge < -0.3 is 15.2 Å². The van der Waals surface area contributed by atoms with E-state index in [-0.39, 0.29) is 17.9 Å². The number of carbonyl (C=O) groups excluding carboxylic acids is 2. The predicted molar refractivity (Wildman–Crippen MR) is 128 cm³/mol. The lowest BCUT2D eigenvalue weighted by molar-refractivity contribution is -0.119. The molecule has 174 valence electrons. The van der Waals surface area contributed by atoms with E-state index >= 15 is 0 Å². The molecule has 1 aromatic heterocycles. The van der Waals surface area contributed by atoms with Crippen molar-refractivity contribution in [2.75, 3.05) is 5.75 Å². The maximum atomic E-state index is 12.9. The first-order valence-corrected chi connectivity index (χ1v) is 12.7. The van der Waals surface area contributed by atoms with E-state index in [1.165, 1.54) is 24.6 Å². The lowest BCUT2D eigenvalue weighted by atomic mass is 10.0. The number of thioether (sulfide) groups is 1. The summed E-state index contributed by atoms with van der Waals surface area (Å²) in [5.41, 5.74) is 0.434. The number of hydrogen-bond donors (Lipinski definition) is 2. The molecule has 2 N–H and O–H groups in total. The number of aromatic nitrogens is 3. The van der Waals surface area contributed by atoms with E-state index < -0.39 is 0 Å². The molecular weight excluding hydrogens is 446 g/mol. The van der Waals surface area contributed by atoms with Crippen molar-refractivity contribution in [1.29, 1.82) is 0 Å². The van der Waals surface area contributed by atoms with Crippen molar-refractivity contribution in [2.45, 2.75) is 76.7 Å². The minimum absolute atomic E-state index is 0.0276. The fraction of sp³-hybridized carbons (Fsp3) is 0.565. The highest BCUT2D eigenvalue weighted by atomic mass is 35.5. The van der Waals surface area contributed by atoms with Gasteiger partial charge in [-0.2, -0.15) is 0 Å². The number of benzene rings is 1. The molecule has 7 nitrogen and oxygen atoms in total. The zero-order valence-corrected chi connectivity index (χ0v) is 20.5. The van der Waals surface area contributed by atoms with Gasteiger partial charge in [-0.25, -0.2) is 0 Å². The highest BCUT2D eigenvalue weighted by molar-refractivity contribution is 7.99. The van der Waals surface area contributed by atoms with E-state index in [1.54, 1.807) is 24.3 Å². The van der Waals surface area contributed by atoms with Crippen molar-refractivity contribution in [3.8, 4) is 0 Å². The molecule has 0 aliphatic heterocycles. The molecule has 0 bridgehead atoms. The lowest BCUT2D eigenvalue weighted by Crippen LogP contribution is -2.34. The van der Waals surface area contributed by atoms with Crippen LogP contribution in [-0.4, -0.2) is 38.4 Å². The molecule has 1 atom stereocenters. The van der Waals surface area contributed by atoms with Gasteiger partial charge in [-0.1, -0.05) is 62.2 Å². The van der Waals surface area contributed by atoms with E-state index in [0.717, 1.165) is 12.8 Å². The molecule has 0 radical (unpaired) electrons. The van der Waals surface area contributed by atoms with Gasteiger partial charge in [0.15, 0.2) is 11.0 Å². The third-order valence-electron chi connectivity index (χ3n) is 5.56. The Labute approximate surface area is 199 Å². The minimum Gasteiger partial charge on any atom is -0.353 e. The maximum absolute atomic E-state index is 12.9. The van der Waals surface area contributed by atoms with Crippen molar-refractivity contribution in [1.82, 2.24) is 25.4 Å². The van der Waals surface area contributed by atoms with Gasteiger partial charge in [0.25, 0.3) is 5.91 Å². The Morgan fingerprint density at radius 2 is 1.94 bits per heavy atom. The van der Waals surface area contributed by atoms with Crippen LogP contribution in [0.15, 0.2) is 29.4 Å². The number of nitrogens with one attached hydrogen (secondary N) is 2. The standard InChI is InChI=1S/C23H32ClN5O2S/c1-4-29-21(27-28-23(29)32-14-20(30)25-16-9-5-6-10-16)19(13-15(2)3)26-22(31)17-11-7-8-12-18(17)24/h7-8,11-12,15-16,19H,4-6,9-10,13-14H2,1-3H3,(H,25,30)(H,26,31)/t19-/m1/s1. The van der Waals surface area contributed by atoms with Crippen LogP contribution >= 0.6 is 23.4 Å². The third-order valence-corrected chi connectivity index (χ3v) is 6.85. The highest BCUT2D eigenvalue weighted by Crippen LogP contribution is 2.26. The average molecular weight is 478 g/mol. The summed E-state index contributed by atoms with van der Waals surface area (Å²) in [5, 5.41) is 16.0. The molecule has 1 heterocycles. The van der Waals surface area contributed by atoms with Crippen LogP contribution in [0.5, 0.6) is 0 Å². The van der Waals surface area contributed by atoms with Crippen molar-refractivity contribution in [2.24, 2.45) is 5.92 Å². The Hall–Kier alpha value is -2.06. The van der Waals surface area contributed by atoms with E-state index in [2.05, 4.69) is 34.7 Å². The smallest absolute Gasteiger partial charge is 0.253 e. The summed E-state index contributed by atoms with van der Waals surface area (Å²) in [6.07, 6.45) is 5.20. The lowest BCUT2D eigenvalue weighted by Gasteiger charge is -2.21. The van der Waals surface area contributed by atoms with E-state index in [0.29, 0.717) is 52.2 Å². The first-order valence-electron chi connectivity index (χ1n) is 11.3. The number of rotatable bonds is 10. The van der Waals surface area contributed by atoms with E-state index in [1.807, 2.05) is 11.5 Å². The Balaban J connectivity index is 1.72. The number of hydrogen-bond acceptors (Lipinski definition) is 5. The van der Waals surface area contributed by atoms with Gasteiger partial charge in [0.05, 0.1) is 22.4 Å². The molecule has 1 saturated carbocycles. The molecule has 2 aromatic rings. The molecule has 1 aromatic carbocycles. The Morgan fingerprint density at radius 1 is 1.22 bits per heavy atom. The minimum atomic E-state index is -0.312. The summed E-state index contributed by atoms with van der Waals surface area (Å²) in [5.74, 6) is 1.12. The van der Waals surface area contributed by atoms with Crippen LogP contribution in [0.3, 0.4) is 0 Å². The van der Waals surface area contributed by atoms with Crippen molar-refractivity contribution in [3.05, 3.63) is 40.7 Å². The second-order valence-electron chi connectivity index (χ2n) is 8.56. The molecular formula is C23H32ClN5O2S. The van der Waals surface area contributed by atoms with Gasteiger partial charge >= 0.3 is 0 Å². The average Bonchev–Trinajstić information content (AvgIpc) is 3.41. The first-order chi connectivity index (χ1) is 15.4. The molecule has 3 rings (SSSR count). The van der Waals surface area contributed by atoms with Gasteiger partial charge in [0.1, 0.15) is 0 Å². The maximum Gasteiger partial charge on any atom is 0.253 e. The van der Waals surface area contributed by atoms with Gasteiger partial charge in [-0.15, -0.1) is 10.2 Å². The highest BCUT2D eigenvalue weighted by Gasteiger charge is 2.25. The molecule has 1 fully saturated rings. The Morgan fingerprint density at radius 3 is 2.59 bits per heavy atom. The van der Waals surface area contributed by atoms with Crippen LogP contribution in [0, 0.1) is 5.92 Å². The number of carbonyl (C=O) groups is 2. The molecule has 1 aliphatic carbocycles. The summed E-state index contributed by atoms with van der Waals surface area (Å²) in [7, 11) is 0. The molecule has 0 saturated heterocycles. The number of amides is 2. The van der Waals surface area contributed by atoms with Crippen molar-refractivity contribution < 1.29 is 9.59 Å². The summed E-state index contributed by atoms with van der Waals surface area (Å²) >= 11 is 7.59. The second-order valence-corrected chi connectivity index (χ2v) is 9.91. The van der Waals surface area contributed by atoms with Crippen LogP contribution in [0.25, 0.3) is 0 Å². The molecule has 0 spiro atoms. The second kappa shape index (κ2) is 11.7. The molecule has 32 heavy (non-hydrogen) atoms. The normalized spacial score (nSPS) is 15.2. The molecule has 2 amide bonds. The van der Waals surface area contributed by atoms with Crippen LogP contribution in [0.1, 0.15) is 75.1 Å². The summed E-state index contributed by atoms with van der Waals surface area (Å²) < 4.78 is 1.98.